The predicted octanol–water partition coefficient (Wildman–Crippen LogP) is 9.09. The number of benzene rings is 4. The van der Waals surface area contributed by atoms with Crippen LogP contribution in [0.25, 0.3) is 11.1 Å². The zero-order valence-corrected chi connectivity index (χ0v) is 21.8. The van der Waals surface area contributed by atoms with Gasteiger partial charge in [-0.25, -0.2) is 0 Å². The molecule has 5 rings (SSSR count). The highest BCUT2D eigenvalue weighted by Crippen LogP contribution is 2.52. The van der Waals surface area contributed by atoms with Crippen molar-refractivity contribution >= 4 is 63.7 Å². The maximum atomic E-state index is 6.95. The van der Waals surface area contributed by atoms with E-state index in [4.69, 9.17) is 4.74 Å². The van der Waals surface area contributed by atoms with Crippen molar-refractivity contribution in [3.8, 4) is 16.9 Å². The second kappa shape index (κ2) is 7.94. The van der Waals surface area contributed by atoms with Gasteiger partial charge in [0.15, 0.2) is 5.60 Å². The molecule has 5 heteroatoms. The minimum absolute atomic E-state index is 0.783. The third kappa shape index (κ3) is 3.40. The summed E-state index contributed by atoms with van der Waals surface area (Å²) in [6.45, 7) is 0. The van der Waals surface area contributed by atoms with Crippen molar-refractivity contribution in [2.75, 3.05) is 0 Å². The summed E-state index contributed by atoms with van der Waals surface area (Å²) in [5.41, 5.74) is 4.71. The van der Waals surface area contributed by atoms with Gasteiger partial charge in [-0.1, -0.05) is 94.1 Å². The highest BCUT2D eigenvalue weighted by atomic mass is 79.9. The Hall–Kier alpha value is -1.40. The molecule has 0 saturated carbocycles. The molecule has 0 bridgehead atoms. The first kappa shape index (κ1) is 20.5. The van der Waals surface area contributed by atoms with Crippen molar-refractivity contribution in [3.05, 3.63) is 120 Å². The Morgan fingerprint density at radius 1 is 0.500 bits per heavy atom. The molecule has 0 radical (unpaired) electrons. The molecule has 0 spiro atoms. The van der Waals surface area contributed by atoms with Gasteiger partial charge in [0.2, 0.25) is 0 Å². The van der Waals surface area contributed by atoms with E-state index in [-0.39, 0.29) is 0 Å². The molecular weight excluding hydrogens is 636 g/mol. The molecule has 1 aliphatic heterocycles. The number of hydrogen-bond acceptors (Lipinski definition) is 1. The molecule has 1 nitrogen and oxygen atoms in total. The van der Waals surface area contributed by atoms with Crippen LogP contribution in [-0.4, -0.2) is 0 Å². The van der Waals surface area contributed by atoms with E-state index in [9.17, 15) is 0 Å². The van der Waals surface area contributed by atoms with Crippen LogP contribution in [0.1, 0.15) is 16.7 Å². The highest BCUT2D eigenvalue weighted by Gasteiger charge is 2.44. The van der Waals surface area contributed by atoms with Crippen LogP contribution < -0.4 is 4.74 Å². The van der Waals surface area contributed by atoms with Crippen molar-refractivity contribution in [3.63, 3.8) is 0 Å². The smallest absolute Gasteiger partial charge is 0.185 e. The maximum absolute atomic E-state index is 6.95. The average Bonchev–Trinajstić information content (AvgIpc) is 2.74. The molecule has 0 fully saturated rings. The first-order valence-electron chi connectivity index (χ1n) is 9.28. The van der Waals surface area contributed by atoms with E-state index in [0.29, 0.717) is 0 Å². The minimum Gasteiger partial charge on any atom is -0.472 e. The minimum atomic E-state index is -0.783. The summed E-state index contributed by atoms with van der Waals surface area (Å²) >= 11 is 14.4. The highest BCUT2D eigenvalue weighted by molar-refractivity contribution is 9.11. The van der Waals surface area contributed by atoms with E-state index < -0.39 is 5.60 Å². The molecule has 0 atom stereocenters. The van der Waals surface area contributed by atoms with E-state index in [1.54, 1.807) is 0 Å². The third-order valence-electron chi connectivity index (χ3n) is 5.36. The largest absolute Gasteiger partial charge is 0.472 e. The molecule has 30 heavy (non-hydrogen) atoms. The lowest BCUT2D eigenvalue weighted by molar-refractivity contribution is 0.152. The van der Waals surface area contributed by atoms with Crippen LogP contribution in [0.2, 0.25) is 0 Å². The summed E-state index contributed by atoms with van der Waals surface area (Å²) in [4.78, 5) is 0. The van der Waals surface area contributed by atoms with Gasteiger partial charge < -0.3 is 4.74 Å². The standard InChI is InChI=1S/C25H14Br4O/c26-17-5-1-15(2-6-17)25(16-3-7-18(27)8-4-16)23-13-19(28)9-11-21(23)22-12-10-20(29)14-24(22)30-25/h1-14H. The Morgan fingerprint density at radius 3 is 1.53 bits per heavy atom. The fourth-order valence-corrected chi connectivity index (χ4v) is 5.26. The number of halogens is 4. The average molecular weight is 650 g/mol. The van der Waals surface area contributed by atoms with Crippen molar-refractivity contribution in [1.82, 2.24) is 0 Å². The van der Waals surface area contributed by atoms with Crippen LogP contribution in [-0.2, 0) is 5.60 Å². The van der Waals surface area contributed by atoms with Gasteiger partial charge in [0.05, 0.1) is 0 Å². The Bertz CT molecular complexity index is 1200. The number of ether oxygens (including phenoxy) is 1. The molecule has 4 aromatic rings. The molecule has 0 unspecified atom stereocenters. The van der Waals surface area contributed by atoms with Gasteiger partial charge >= 0.3 is 0 Å². The van der Waals surface area contributed by atoms with Crippen LogP contribution in [0, 0.1) is 0 Å². The van der Waals surface area contributed by atoms with E-state index in [1.165, 1.54) is 0 Å². The Balaban J connectivity index is 1.90. The van der Waals surface area contributed by atoms with Crippen LogP contribution >= 0.6 is 63.7 Å². The van der Waals surface area contributed by atoms with E-state index in [0.717, 1.165) is 51.5 Å². The normalized spacial score (nSPS) is 13.9. The molecule has 1 aliphatic rings. The van der Waals surface area contributed by atoms with Gasteiger partial charge in [0.25, 0.3) is 0 Å². The monoisotopic (exact) mass is 646 g/mol. The fraction of sp³-hybridized carbons (Fsp3) is 0.0400. The lowest BCUT2D eigenvalue weighted by atomic mass is 9.75. The maximum Gasteiger partial charge on any atom is 0.185 e. The second-order valence-electron chi connectivity index (χ2n) is 7.13. The van der Waals surface area contributed by atoms with Crippen molar-refractivity contribution in [2.24, 2.45) is 0 Å². The van der Waals surface area contributed by atoms with E-state index in [1.807, 2.05) is 6.07 Å². The first-order valence-corrected chi connectivity index (χ1v) is 12.5. The third-order valence-corrected chi connectivity index (χ3v) is 7.40. The number of hydrogen-bond donors (Lipinski definition) is 0. The number of fused-ring (bicyclic) bond motifs is 3. The Kier molecular flexibility index (Phi) is 5.42. The van der Waals surface area contributed by atoms with Gasteiger partial charge in [0, 0.05) is 40.1 Å². The van der Waals surface area contributed by atoms with Gasteiger partial charge in [0.1, 0.15) is 5.75 Å². The van der Waals surface area contributed by atoms with Gasteiger partial charge in [-0.05, 0) is 60.2 Å². The van der Waals surface area contributed by atoms with Crippen LogP contribution in [0.15, 0.2) is 103 Å². The summed E-state index contributed by atoms with van der Waals surface area (Å²) in [5, 5.41) is 0. The van der Waals surface area contributed by atoms with Crippen molar-refractivity contribution in [2.45, 2.75) is 5.60 Å². The summed E-state index contributed by atoms with van der Waals surface area (Å²) in [5.74, 6) is 0.852. The van der Waals surface area contributed by atoms with Gasteiger partial charge in [-0.2, -0.15) is 0 Å². The topological polar surface area (TPSA) is 9.23 Å². The quantitative estimate of drug-likeness (QED) is 0.211. The Morgan fingerprint density at radius 2 is 0.967 bits per heavy atom. The molecule has 148 valence electrons. The zero-order chi connectivity index (χ0) is 20.9. The van der Waals surface area contributed by atoms with Crippen LogP contribution in [0.5, 0.6) is 5.75 Å². The Labute approximate surface area is 209 Å². The van der Waals surface area contributed by atoms with Crippen molar-refractivity contribution in [1.29, 1.82) is 0 Å². The molecule has 0 aliphatic carbocycles. The fourth-order valence-electron chi connectivity index (χ4n) is 4.03. The molecular formula is C25H14Br4O. The lowest BCUT2D eigenvalue weighted by Gasteiger charge is -2.41. The predicted molar refractivity (Wildman–Crippen MR) is 136 cm³/mol. The summed E-state index contributed by atoms with van der Waals surface area (Å²) < 4.78 is 11.0. The second-order valence-corrected chi connectivity index (χ2v) is 10.8. The number of rotatable bonds is 2. The molecule has 0 saturated heterocycles. The molecule has 0 aromatic heterocycles. The van der Waals surface area contributed by atoms with Gasteiger partial charge in [-0.3, -0.25) is 0 Å². The van der Waals surface area contributed by atoms with E-state index in [2.05, 4.69) is 143 Å². The van der Waals surface area contributed by atoms with E-state index >= 15 is 0 Å². The summed E-state index contributed by atoms with van der Waals surface area (Å²) in [6.07, 6.45) is 0. The molecule has 4 aromatic carbocycles. The summed E-state index contributed by atoms with van der Waals surface area (Å²) in [6, 6.07) is 29.4. The van der Waals surface area contributed by atoms with Crippen molar-refractivity contribution < 1.29 is 4.74 Å². The zero-order valence-electron chi connectivity index (χ0n) is 15.5. The molecule has 1 heterocycles. The first-order chi connectivity index (χ1) is 14.5. The van der Waals surface area contributed by atoms with Crippen LogP contribution in [0.4, 0.5) is 0 Å². The summed E-state index contributed by atoms with van der Waals surface area (Å²) in [7, 11) is 0. The van der Waals surface area contributed by atoms with Crippen LogP contribution in [0.3, 0.4) is 0 Å². The molecule has 0 amide bonds. The van der Waals surface area contributed by atoms with Gasteiger partial charge in [-0.15, -0.1) is 0 Å². The molecule has 0 N–H and O–H groups in total. The SMILES string of the molecule is Brc1ccc(C2(c3ccc(Br)cc3)Oc3cc(Br)ccc3-c3ccc(Br)cc32)cc1. The lowest BCUT2D eigenvalue weighted by Crippen LogP contribution is -2.38.